The van der Waals surface area contributed by atoms with Gasteiger partial charge in [-0.2, -0.15) is 5.26 Å². The number of nitrogens with one attached hydrogen (secondary N) is 1. The molecule has 1 heterocycles. The molecule has 0 aromatic rings. The van der Waals surface area contributed by atoms with Crippen molar-refractivity contribution in [2.24, 2.45) is 17.6 Å². The van der Waals surface area contributed by atoms with Crippen molar-refractivity contribution >= 4 is 11.8 Å². The second-order valence-electron chi connectivity index (χ2n) is 6.35. The van der Waals surface area contributed by atoms with Gasteiger partial charge in [-0.3, -0.25) is 14.5 Å². The standard InChI is InChI=1S/C15H26N4O2/c1-10(2)15(4,9-16)18-14(21)11(3)19-7-5-12(6-8-19)13(17)20/h10-12H,5-8H2,1-4H3,(H2,17,20)(H,18,21). The summed E-state index contributed by atoms with van der Waals surface area (Å²) in [5, 5.41) is 12.1. The van der Waals surface area contributed by atoms with Gasteiger partial charge in [-0.1, -0.05) is 13.8 Å². The molecule has 1 aliphatic rings. The highest BCUT2D eigenvalue weighted by molar-refractivity contribution is 5.82. The molecule has 118 valence electrons. The second kappa shape index (κ2) is 6.90. The molecule has 0 saturated carbocycles. The number of carbonyl (C=O) groups is 2. The van der Waals surface area contributed by atoms with E-state index < -0.39 is 5.54 Å². The van der Waals surface area contributed by atoms with Gasteiger partial charge in [-0.15, -0.1) is 0 Å². The predicted molar refractivity (Wildman–Crippen MR) is 80.0 cm³/mol. The molecular weight excluding hydrogens is 268 g/mol. The Kier molecular flexibility index (Phi) is 5.73. The molecule has 0 bridgehead atoms. The molecule has 1 saturated heterocycles. The van der Waals surface area contributed by atoms with E-state index in [1.54, 1.807) is 6.92 Å². The van der Waals surface area contributed by atoms with E-state index in [9.17, 15) is 14.9 Å². The lowest BCUT2D eigenvalue weighted by molar-refractivity contribution is -0.128. The molecule has 0 aromatic carbocycles. The Morgan fingerprint density at radius 1 is 1.33 bits per heavy atom. The number of nitrogens with two attached hydrogens (primary N) is 1. The van der Waals surface area contributed by atoms with Crippen LogP contribution in [-0.4, -0.2) is 41.4 Å². The van der Waals surface area contributed by atoms with E-state index >= 15 is 0 Å². The summed E-state index contributed by atoms with van der Waals surface area (Å²) in [5.74, 6) is -0.468. The monoisotopic (exact) mass is 294 g/mol. The SMILES string of the molecule is CC(C(=O)NC(C)(C#N)C(C)C)N1CCC(C(N)=O)CC1. The fraction of sp³-hybridized carbons (Fsp3) is 0.800. The van der Waals surface area contributed by atoms with Crippen molar-refractivity contribution in [2.45, 2.75) is 52.1 Å². The van der Waals surface area contributed by atoms with E-state index in [1.807, 2.05) is 25.7 Å². The number of likely N-dealkylation sites (tertiary alicyclic amines) is 1. The van der Waals surface area contributed by atoms with Gasteiger partial charge in [0.2, 0.25) is 11.8 Å². The highest BCUT2D eigenvalue weighted by Crippen LogP contribution is 2.20. The summed E-state index contributed by atoms with van der Waals surface area (Å²) in [7, 11) is 0. The summed E-state index contributed by atoms with van der Waals surface area (Å²) < 4.78 is 0. The fourth-order valence-electron chi connectivity index (χ4n) is 2.40. The Labute approximate surface area is 126 Å². The maximum Gasteiger partial charge on any atom is 0.238 e. The first-order valence-electron chi connectivity index (χ1n) is 7.48. The number of carbonyl (C=O) groups excluding carboxylic acids is 2. The molecule has 0 aliphatic carbocycles. The van der Waals surface area contributed by atoms with Gasteiger partial charge in [0, 0.05) is 5.92 Å². The molecule has 0 spiro atoms. The van der Waals surface area contributed by atoms with Gasteiger partial charge in [-0.05, 0) is 45.7 Å². The summed E-state index contributed by atoms with van der Waals surface area (Å²) in [6.45, 7) is 8.74. The van der Waals surface area contributed by atoms with E-state index in [-0.39, 0.29) is 29.7 Å². The van der Waals surface area contributed by atoms with Crippen molar-refractivity contribution in [1.29, 1.82) is 5.26 Å². The number of primary amides is 1. The Morgan fingerprint density at radius 2 is 1.86 bits per heavy atom. The van der Waals surface area contributed by atoms with Crippen molar-refractivity contribution in [3.05, 3.63) is 0 Å². The summed E-state index contributed by atoms with van der Waals surface area (Å²) in [4.78, 5) is 25.5. The largest absolute Gasteiger partial charge is 0.369 e. The third-order valence-electron chi connectivity index (χ3n) is 4.63. The number of hydrogen-bond acceptors (Lipinski definition) is 4. The number of nitriles is 1. The third-order valence-corrected chi connectivity index (χ3v) is 4.63. The van der Waals surface area contributed by atoms with E-state index in [0.717, 1.165) is 0 Å². The third kappa shape index (κ3) is 4.18. The number of nitrogens with zero attached hydrogens (tertiary/aromatic N) is 2. The first-order chi connectivity index (χ1) is 9.71. The van der Waals surface area contributed by atoms with Gasteiger partial charge < -0.3 is 11.1 Å². The minimum Gasteiger partial charge on any atom is -0.369 e. The van der Waals surface area contributed by atoms with Crippen molar-refractivity contribution in [1.82, 2.24) is 10.2 Å². The van der Waals surface area contributed by atoms with E-state index in [2.05, 4.69) is 11.4 Å². The normalized spacial score (nSPS) is 21.3. The lowest BCUT2D eigenvalue weighted by Gasteiger charge is -2.36. The zero-order valence-electron chi connectivity index (χ0n) is 13.3. The van der Waals surface area contributed by atoms with Crippen molar-refractivity contribution in [3.8, 4) is 6.07 Å². The van der Waals surface area contributed by atoms with E-state index in [1.165, 1.54) is 0 Å². The topological polar surface area (TPSA) is 99.2 Å². The lowest BCUT2D eigenvalue weighted by atomic mass is 9.89. The zero-order chi connectivity index (χ0) is 16.2. The molecule has 2 amide bonds. The highest BCUT2D eigenvalue weighted by Gasteiger charge is 2.34. The van der Waals surface area contributed by atoms with Gasteiger partial charge >= 0.3 is 0 Å². The van der Waals surface area contributed by atoms with Crippen LogP contribution in [0.3, 0.4) is 0 Å². The maximum absolute atomic E-state index is 12.3. The molecule has 21 heavy (non-hydrogen) atoms. The maximum atomic E-state index is 12.3. The summed E-state index contributed by atoms with van der Waals surface area (Å²) in [5.41, 5.74) is 4.45. The van der Waals surface area contributed by atoms with Crippen LogP contribution in [0.25, 0.3) is 0 Å². The Balaban J connectivity index is 2.60. The van der Waals surface area contributed by atoms with Gasteiger partial charge in [0.15, 0.2) is 0 Å². The minimum absolute atomic E-state index is 0.0271. The van der Waals surface area contributed by atoms with Crippen LogP contribution in [0, 0.1) is 23.2 Å². The first kappa shape index (κ1) is 17.4. The van der Waals surface area contributed by atoms with Gasteiger partial charge in [-0.25, -0.2) is 0 Å². The van der Waals surface area contributed by atoms with Gasteiger partial charge in [0.05, 0.1) is 12.1 Å². The minimum atomic E-state index is -0.864. The Bertz CT molecular complexity index is 435. The molecule has 6 nitrogen and oxygen atoms in total. The molecule has 1 aliphatic heterocycles. The number of amides is 2. The van der Waals surface area contributed by atoms with Gasteiger partial charge in [0.25, 0.3) is 0 Å². The lowest BCUT2D eigenvalue weighted by Crippen LogP contribution is -2.56. The van der Waals surface area contributed by atoms with Crippen LogP contribution in [0.5, 0.6) is 0 Å². The molecule has 2 atom stereocenters. The Morgan fingerprint density at radius 3 is 2.24 bits per heavy atom. The molecule has 1 fully saturated rings. The summed E-state index contributed by atoms with van der Waals surface area (Å²) in [6.07, 6.45) is 1.37. The highest BCUT2D eigenvalue weighted by atomic mass is 16.2. The van der Waals surface area contributed by atoms with Crippen molar-refractivity contribution in [2.75, 3.05) is 13.1 Å². The fourth-order valence-corrected chi connectivity index (χ4v) is 2.40. The van der Waals surface area contributed by atoms with Gasteiger partial charge in [0.1, 0.15) is 5.54 Å². The number of rotatable bonds is 5. The summed E-state index contributed by atoms with van der Waals surface area (Å²) >= 11 is 0. The quantitative estimate of drug-likeness (QED) is 0.776. The average Bonchev–Trinajstić information content (AvgIpc) is 2.46. The molecule has 2 unspecified atom stereocenters. The van der Waals surface area contributed by atoms with E-state index in [4.69, 9.17) is 5.73 Å². The molecule has 0 aromatic heterocycles. The first-order valence-corrected chi connectivity index (χ1v) is 7.48. The zero-order valence-corrected chi connectivity index (χ0v) is 13.3. The average molecular weight is 294 g/mol. The predicted octanol–water partition coefficient (Wildman–Crippen LogP) is 0.627. The number of piperidine rings is 1. The second-order valence-corrected chi connectivity index (χ2v) is 6.35. The van der Waals surface area contributed by atoms with Crippen LogP contribution < -0.4 is 11.1 Å². The van der Waals surface area contributed by atoms with E-state index in [0.29, 0.717) is 25.9 Å². The molecule has 1 rings (SSSR count). The Hall–Kier alpha value is -1.61. The molecule has 3 N–H and O–H groups in total. The van der Waals surface area contributed by atoms with Crippen LogP contribution in [0.2, 0.25) is 0 Å². The van der Waals surface area contributed by atoms with Crippen LogP contribution in [0.1, 0.15) is 40.5 Å². The van der Waals surface area contributed by atoms with Crippen molar-refractivity contribution in [3.63, 3.8) is 0 Å². The molecule has 6 heteroatoms. The molecular formula is C15H26N4O2. The number of hydrogen-bond donors (Lipinski definition) is 2. The van der Waals surface area contributed by atoms with Crippen LogP contribution in [-0.2, 0) is 9.59 Å². The smallest absolute Gasteiger partial charge is 0.238 e. The van der Waals surface area contributed by atoms with Crippen LogP contribution in [0.15, 0.2) is 0 Å². The van der Waals surface area contributed by atoms with Crippen LogP contribution in [0.4, 0.5) is 0 Å². The van der Waals surface area contributed by atoms with Crippen LogP contribution >= 0.6 is 0 Å². The van der Waals surface area contributed by atoms with Crippen molar-refractivity contribution < 1.29 is 9.59 Å². The molecule has 0 radical (unpaired) electrons. The summed E-state index contributed by atoms with van der Waals surface area (Å²) in [6, 6.07) is 1.86.